The van der Waals surface area contributed by atoms with E-state index in [-0.39, 0.29) is 17.9 Å². The number of esters is 1. The van der Waals surface area contributed by atoms with Crippen LogP contribution in [-0.2, 0) is 14.9 Å². The number of ether oxygens (including phenoxy) is 1. The van der Waals surface area contributed by atoms with Gasteiger partial charge in [-0.2, -0.15) is 5.26 Å². The van der Waals surface area contributed by atoms with E-state index in [9.17, 15) is 14.9 Å². The molecule has 1 aromatic carbocycles. The Hall–Kier alpha value is -2.42. The first-order valence-electron chi connectivity index (χ1n) is 5.29. The maximum absolute atomic E-state index is 11.8. The zero-order valence-electron chi connectivity index (χ0n) is 10.0. The first-order chi connectivity index (χ1) is 8.47. The highest BCUT2D eigenvalue weighted by Gasteiger charge is 2.41. The van der Waals surface area contributed by atoms with Gasteiger partial charge in [-0.05, 0) is 19.9 Å². The number of nitro groups is 1. The smallest absolute Gasteiger partial charge is 0.331 e. The Labute approximate surface area is 104 Å². The molecule has 94 valence electrons. The second-order valence-corrected chi connectivity index (χ2v) is 3.73. The van der Waals surface area contributed by atoms with Gasteiger partial charge in [0.25, 0.3) is 5.69 Å². The van der Waals surface area contributed by atoms with Crippen LogP contribution in [0.3, 0.4) is 0 Å². The van der Waals surface area contributed by atoms with Crippen LogP contribution in [0.2, 0.25) is 0 Å². The molecule has 0 saturated carbocycles. The van der Waals surface area contributed by atoms with E-state index in [1.165, 1.54) is 31.2 Å². The minimum atomic E-state index is -1.68. The minimum Gasteiger partial charge on any atom is -0.465 e. The van der Waals surface area contributed by atoms with Crippen LogP contribution in [0.25, 0.3) is 0 Å². The lowest BCUT2D eigenvalue weighted by molar-refractivity contribution is -0.385. The number of nitro benzene ring substituents is 1. The van der Waals surface area contributed by atoms with Crippen molar-refractivity contribution < 1.29 is 14.5 Å². The van der Waals surface area contributed by atoms with E-state index in [2.05, 4.69) is 0 Å². The van der Waals surface area contributed by atoms with Gasteiger partial charge in [-0.25, -0.2) is 4.79 Å². The van der Waals surface area contributed by atoms with Gasteiger partial charge >= 0.3 is 5.97 Å². The molecule has 0 aliphatic carbocycles. The number of carbonyl (C=O) groups is 1. The highest BCUT2D eigenvalue weighted by atomic mass is 16.6. The summed E-state index contributed by atoms with van der Waals surface area (Å²) in [5.41, 5.74) is -1.91. The molecular formula is C12H12N2O4. The van der Waals surface area contributed by atoms with Crippen molar-refractivity contribution >= 4 is 11.7 Å². The Morgan fingerprint density at radius 3 is 2.67 bits per heavy atom. The molecule has 1 aromatic rings. The molecule has 0 radical (unpaired) electrons. The second kappa shape index (κ2) is 5.27. The normalized spacial score (nSPS) is 13.2. The molecule has 0 heterocycles. The molecule has 18 heavy (non-hydrogen) atoms. The summed E-state index contributed by atoms with van der Waals surface area (Å²) in [7, 11) is 0. The molecule has 6 heteroatoms. The van der Waals surface area contributed by atoms with Crippen LogP contribution in [0.1, 0.15) is 19.4 Å². The SMILES string of the molecule is CCOC(=O)C(C)(C#N)c1ccccc1[N+](=O)[O-]. The summed E-state index contributed by atoms with van der Waals surface area (Å²) in [6.07, 6.45) is 0. The third kappa shape index (κ3) is 2.30. The van der Waals surface area contributed by atoms with Crippen molar-refractivity contribution in [2.75, 3.05) is 6.61 Å². The van der Waals surface area contributed by atoms with Crippen molar-refractivity contribution in [3.8, 4) is 6.07 Å². The van der Waals surface area contributed by atoms with E-state index in [1.54, 1.807) is 13.0 Å². The zero-order valence-corrected chi connectivity index (χ0v) is 10.0. The zero-order chi connectivity index (χ0) is 13.8. The Bertz CT molecular complexity index is 521. The van der Waals surface area contributed by atoms with E-state index in [0.29, 0.717) is 0 Å². The van der Waals surface area contributed by atoms with Crippen molar-refractivity contribution in [1.29, 1.82) is 5.26 Å². The first-order valence-corrected chi connectivity index (χ1v) is 5.29. The van der Waals surface area contributed by atoms with Gasteiger partial charge in [0, 0.05) is 6.07 Å². The first kappa shape index (κ1) is 13.6. The predicted molar refractivity (Wildman–Crippen MR) is 62.7 cm³/mol. The standard InChI is InChI=1S/C12H12N2O4/c1-3-18-11(15)12(2,8-13)9-6-4-5-7-10(9)14(16)17/h4-7H,3H2,1-2H3. The summed E-state index contributed by atoms with van der Waals surface area (Å²) >= 11 is 0. The summed E-state index contributed by atoms with van der Waals surface area (Å²) in [4.78, 5) is 22.1. The van der Waals surface area contributed by atoms with Gasteiger partial charge in [-0.1, -0.05) is 12.1 Å². The Kier molecular flexibility index (Phi) is 4.00. The quantitative estimate of drug-likeness (QED) is 0.461. The predicted octanol–water partition coefficient (Wildman–Crippen LogP) is 1.94. The van der Waals surface area contributed by atoms with Gasteiger partial charge in [0.1, 0.15) is 0 Å². The molecular weight excluding hydrogens is 236 g/mol. The molecule has 0 bridgehead atoms. The van der Waals surface area contributed by atoms with Crippen molar-refractivity contribution in [3.63, 3.8) is 0 Å². The Morgan fingerprint density at radius 1 is 1.56 bits per heavy atom. The Morgan fingerprint density at radius 2 is 2.17 bits per heavy atom. The number of hydrogen-bond donors (Lipinski definition) is 0. The third-order valence-corrected chi connectivity index (χ3v) is 2.55. The molecule has 1 unspecified atom stereocenters. The lowest BCUT2D eigenvalue weighted by atomic mass is 9.83. The fourth-order valence-corrected chi connectivity index (χ4v) is 1.55. The number of nitriles is 1. The van der Waals surface area contributed by atoms with E-state index in [0.717, 1.165) is 0 Å². The topological polar surface area (TPSA) is 93.2 Å². The van der Waals surface area contributed by atoms with E-state index < -0.39 is 16.3 Å². The fourth-order valence-electron chi connectivity index (χ4n) is 1.55. The minimum absolute atomic E-state index is 0.0379. The lowest BCUT2D eigenvalue weighted by Crippen LogP contribution is -2.33. The summed E-state index contributed by atoms with van der Waals surface area (Å²) in [6.45, 7) is 3.03. The lowest BCUT2D eigenvalue weighted by Gasteiger charge is -2.19. The molecule has 0 fully saturated rings. The van der Waals surface area contributed by atoms with Gasteiger partial charge in [-0.3, -0.25) is 10.1 Å². The summed E-state index contributed by atoms with van der Waals surface area (Å²) in [5.74, 6) is -0.790. The highest BCUT2D eigenvalue weighted by molar-refractivity contribution is 5.87. The van der Waals surface area contributed by atoms with Crippen LogP contribution < -0.4 is 0 Å². The number of benzene rings is 1. The second-order valence-electron chi connectivity index (χ2n) is 3.73. The van der Waals surface area contributed by atoms with Crippen LogP contribution in [0, 0.1) is 21.4 Å². The molecule has 0 N–H and O–H groups in total. The summed E-state index contributed by atoms with van der Waals surface area (Å²) in [6, 6.07) is 7.45. The molecule has 0 amide bonds. The van der Waals surface area contributed by atoms with Crippen LogP contribution >= 0.6 is 0 Å². The van der Waals surface area contributed by atoms with Gasteiger partial charge in [-0.15, -0.1) is 0 Å². The van der Waals surface area contributed by atoms with Crippen LogP contribution in [0.4, 0.5) is 5.69 Å². The van der Waals surface area contributed by atoms with Crippen LogP contribution in [0.5, 0.6) is 0 Å². The largest absolute Gasteiger partial charge is 0.465 e. The molecule has 0 spiro atoms. The third-order valence-electron chi connectivity index (χ3n) is 2.55. The molecule has 0 aliphatic rings. The number of nitrogens with zero attached hydrogens (tertiary/aromatic N) is 2. The summed E-state index contributed by atoms with van der Waals surface area (Å²) in [5, 5.41) is 20.1. The monoisotopic (exact) mass is 248 g/mol. The van der Waals surface area contributed by atoms with Crippen LogP contribution in [0.15, 0.2) is 24.3 Å². The van der Waals surface area contributed by atoms with Gasteiger partial charge in [0.05, 0.1) is 23.2 Å². The number of carbonyl (C=O) groups excluding carboxylic acids is 1. The van der Waals surface area contributed by atoms with Gasteiger partial charge in [0.2, 0.25) is 0 Å². The van der Waals surface area contributed by atoms with Crippen molar-refractivity contribution in [2.45, 2.75) is 19.3 Å². The fraction of sp³-hybridized carbons (Fsp3) is 0.333. The molecule has 6 nitrogen and oxygen atoms in total. The molecule has 0 aromatic heterocycles. The van der Waals surface area contributed by atoms with Crippen molar-refractivity contribution in [1.82, 2.24) is 0 Å². The van der Waals surface area contributed by atoms with Crippen LogP contribution in [-0.4, -0.2) is 17.5 Å². The van der Waals surface area contributed by atoms with Crippen molar-refractivity contribution in [2.24, 2.45) is 0 Å². The maximum atomic E-state index is 11.8. The van der Waals surface area contributed by atoms with Crippen molar-refractivity contribution in [3.05, 3.63) is 39.9 Å². The van der Waals surface area contributed by atoms with E-state index in [4.69, 9.17) is 10.00 Å². The average Bonchev–Trinajstić information content (AvgIpc) is 2.38. The van der Waals surface area contributed by atoms with Gasteiger partial charge in [0.15, 0.2) is 5.41 Å². The number of rotatable bonds is 4. The molecule has 0 aliphatic heterocycles. The van der Waals surface area contributed by atoms with E-state index in [1.807, 2.05) is 0 Å². The molecule has 1 atom stereocenters. The maximum Gasteiger partial charge on any atom is 0.331 e. The molecule has 0 saturated heterocycles. The van der Waals surface area contributed by atoms with E-state index >= 15 is 0 Å². The molecule has 1 rings (SSSR count). The Balaban J connectivity index is 3.38. The average molecular weight is 248 g/mol. The number of hydrogen-bond acceptors (Lipinski definition) is 5. The van der Waals surface area contributed by atoms with Gasteiger partial charge < -0.3 is 4.74 Å². The number of para-hydroxylation sites is 1. The summed E-state index contributed by atoms with van der Waals surface area (Å²) < 4.78 is 4.80. The highest BCUT2D eigenvalue weighted by Crippen LogP contribution is 2.32.